The van der Waals surface area contributed by atoms with Gasteiger partial charge in [0.05, 0.1) is 10.7 Å². The lowest BCUT2D eigenvalue weighted by molar-refractivity contribution is 0.344. The number of fused-ring (bicyclic) bond motifs is 1. The molecular weight excluding hydrogens is 190 g/mol. The third kappa shape index (κ3) is 1.85. The van der Waals surface area contributed by atoms with E-state index < -0.39 is 0 Å². The van der Waals surface area contributed by atoms with Gasteiger partial charge in [-0.2, -0.15) is 0 Å². The number of nitrogens with zero attached hydrogens (tertiary/aromatic N) is 1. The van der Waals surface area contributed by atoms with E-state index in [0.29, 0.717) is 0 Å². The van der Waals surface area contributed by atoms with Crippen molar-refractivity contribution in [2.24, 2.45) is 11.8 Å². The predicted molar refractivity (Wildman–Crippen MR) is 61.8 cm³/mol. The fourth-order valence-corrected chi connectivity index (χ4v) is 3.32. The number of rotatable bonds is 2. The molecule has 0 bridgehead atoms. The molecule has 0 spiro atoms. The van der Waals surface area contributed by atoms with Gasteiger partial charge in [0, 0.05) is 4.88 Å². The molecule has 0 aliphatic heterocycles. The van der Waals surface area contributed by atoms with Gasteiger partial charge < -0.3 is 0 Å². The van der Waals surface area contributed by atoms with E-state index in [2.05, 4.69) is 25.8 Å². The quantitative estimate of drug-likeness (QED) is 0.727. The topological polar surface area (TPSA) is 12.9 Å². The average Bonchev–Trinajstić information content (AvgIpc) is 2.58. The first-order chi connectivity index (χ1) is 6.70. The Morgan fingerprint density at radius 3 is 2.93 bits per heavy atom. The van der Waals surface area contributed by atoms with Crippen LogP contribution in [-0.4, -0.2) is 4.98 Å². The van der Waals surface area contributed by atoms with E-state index in [-0.39, 0.29) is 0 Å². The zero-order chi connectivity index (χ0) is 10.1. The van der Waals surface area contributed by atoms with Crippen LogP contribution in [0.25, 0.3) is 0 Å². The summed E-state index contributed by atoms with van der Waals surface area (Å²) in [5.41, 5.74) is 1.41. The van der Waals surface area contributed by atoms with Crippen LogP contribution >= 0.6 is 11.3 Å². The maximum atomic E-state index is 4.68. The molecular formula is C12H19NS. The van der Waals surface area contributed by atoms with Crippen LogP contribution in [0.2, 0.25) is 0 Å². The maximum absolute atomic E-state index is 4.68. The van der Waals surface area contributed by atoms with Crippen LogP contribution in [0, 0.1) is 11.8 Å². The smallest absolute Gasteiger partial charge is 0.0928 e. The minimum absolute atomic E-state index is 0.829. The van der Waals surface area contributed by atoms with E-state index in [1.807, 2.05) is 11.3 Å². The first-order valence-electron chi connectivity index (χ1n) is 5.68. The van der Waals surface area contributed by atoms with Gasteiger partial charge in [0.15, 0.2) is 0 Å². The Hall–Kier alpha value is -0.370. The van der Waals surface area contributed by atoms with Crippen molar-refractivity contribution >= 4 is 11.3 Å². The molecule has 1 aromatic heterocycles. The van der Waals surface area contributed by atoms with Gasteiger partial charge in [-0.25, -0.2) is 4.98 Å². The van der Waals surface area contributed by atoms with Crippen molar-refractivity contribution in [2.45, 2.75) is 46.5 Å². The summed E-state index contributed by atoms with van der Waals surface area (Å²) in [7, 11) is 0. The first-order valence-corrected chi connectivity index (χ1v) is 6.49. The van der Waals surface area contributed by atoms with Gasteiger partial charge in [0.1, 0.15) is 0 Å². The highest BCUT2D eigenvalue weighted by atomic mass is 32.1. The molecule has 1 aliphatic rings. The van der Waals surface area contributed by atoms with Crippen molar-refractivity contribution in [2.75, 3.05) is 0 Å². The minimum Gasteiger partial charge on any atom is -0.246 e. The second-order valence-electron chi connectivity index (χ2n) is 4.58. The summed E-state index contributed by atoms with van der Waals surface area (Å²) in [5.74, 6) is 1.72. The lowest BCUT2D eigenvalue weighted by atomic mass is 9.83. The number of hydrogen-bond donors (Lipinski definition) is 0. The number of hydrogen-bond acceptors (Lipinski definition) is 2. The van der Waals surface area contributed by atoms with Crippen LogP contribution in [0.15, 0.2) is 0 Å². The molecule has 0 saturated heterocycles. The van der Waals surface area contributed by atoms with E-state index in [4.69, 9.17) is 0 Å². The minimum atomic E-state index is 0.829. The summed E-state index contributed by atoms with van der Waals surface area (Å²) < 4.78 is 0. The summed E-state index contributed by atoms with van der Waals surface area (Å²) in [6.07, 6.45) is 4.95. The van der Waals surface area contributed by atoms with Crippen molar-refractivity contribution in [3.8, 4) is 0 Å². The van der Waals surface area contributed by atoms with Crippen LogP contribution in [0.1, 0.15) is 42.8 Å². The Kier molecular flexibility index (Phi) is 2.91. The van der Waals surface area contributed by atoms with Crippen molar-refractivity contribution in [1.29, 1.82) is 0 Å². The largest absolute Gasteiger partial charge is 0.246 e. The molecule has 0 saturated carbocycles. The molecule has 2 heteroatoms. The third-order valence-electron chi connectivity index (χ3n) is 3.27. The van der Waals surface area contributed by atoms with Crippen LogP contribution in [0.5, 0.6) is 0 Å². The molecule has 1 aromatic rings. The van der Waals surface area contributed by atoms with Crippen LogP contribution in [-0.2, 0) is 19.3 Å². The van der Waals surface area contributed by atoms with Crippen LogP contribution in [0.3, 0.4) is 0 Å². The van der Waals surface area contributed by atoms with E-state index in [0.717, 1.165) is 18.3 Å². The molecule has 0 aromatic carbocycles. The summed E-state index contributed by atoms with van der Waals surface area (Å²) in [6.45, 7) is 6.89. The van der Waals surface area contributed by atoms with Gasteiger partial charge in [-0.05, 0) is 37.5 Å². The second kappa shape index (κ2) is 4.01. The summed E-state index contributed by atoms with van der Waals surface area (Å²) in [6, 6.07) is 0. The zero-order valence-electron chi connectivity index (χ0n) is 9.34. The van der Waals surface area contributed by atoms with Crippen molar-refractivity contribution in [3.05, 3.63) is 15.6 Å². The van der Waals surface area contributed by atoms with E-state index in [1.54, 1.807) is 4.88 Å². The summed E-state index contributed by atoms with van der Waals surface area (Å²) in [4.78, 5) is 6.26. The Labute approximate surface area is 90.6 Å². The van der Waals surface area contributed by atoms with Crippen molar-refractivity contribution < 1.29 is 0 Å². The van der Waals surface area contributed by atoms with Gasteiger partial charge in [-0.15, -0.1) is 11.3 Å². The van der Waals surface area contributed by atoms with Crippen LogP contribution in [0.4, 0.5) is 0 Å². The van der Waals surface area contributed by atoms with Gasteiger partial charge >= 0.3 is 0 Å². The van der Waals surface area contributed by atoms with Gasteiger partial charge in [0.25, 0.3) is 0 Å². The second-order valence-corrected chi connectivity index (χ2v) is 5.75. The number of aromatic nitrogens is 1. The lowest BCUT2D eigenvalue weighted by Gasteiger charge is -2.24. The maximum Gasteiger partial charge on any atom is 0.0928 e. The van der Waals surface area contributed by atoms with E-state index >= 15 is 0 Å². The Balaban J connectivity index is 2.17. The molecule has 1 atom stereocenters. The molecule has 1 unspecified atom stereocenters. The summed E-state index contributed by atoms with van der Waals surface area (Å²) >= 11 is 1.95. The van der Waals surface area contributed by atoms with Gasteiger partial charge in [-0.1, -0.05) is 20.8 Å². The highest BCUT2D eigenvalue weighted by molar-refractivity contribution is 7.11. The highest BCUT2D eigenvalue weighted by Crippen LogP contribution is 2.33. The SMILES string of the molecule is CCc1nc2c(s1)CC(C(C)C)CC2. The molecule has 2 rings (SSSR count). The zero-order valence-corrected chi connectivity index (χ0v) is 10.2. The van der Waals surface area contributed by atoms with Crippen LogP contribution < -0.4 is 0 Å². The standard InChI is InChI=1S/C12H19NS/c1-4-12-13-10-6-5-9(8(2)3)7-11(10)14-12/h8-9H,4-7H2,1-3H3. The highest BCUT2D eigenvalue weighted by Gasteiger charge is 2.23. The molecule has 1 aliphatic carbocycles. The molecule has 78 valence electrons. The Bertz CT molecular complexity index is 314. The first kappa shape index (κ1) is 10.2. The molecule has 1 nitrogen and oxygen atoms in total. The van der Waals surface area contributed by atoms with Gasteiger partial charge in [0.2, 0.25) is 0 Å². The lowest BCUT2D eigenvalue weighted by Crippen LogP contribution is -2.17. The monoisotopic (exact) mass is 209 g/mol. The Morgan fingerprint density at radius 2 is 2.29 bits per heavy atom. The van der Waals surface area contributed by atoms with E-state index in [9.17, 15) is 0 Å². The third-order valence-corrected chi connectivity index (χ3v) is 4.53. The number of aryl methyl sites for hydroxylation is 2. The van der Waals surface area contributed by atoms with Crippen molar-refractivity contribution in [3.63, 3.8) is 0 Å². The number of thiazole rings is 1. The predicted octanol–water partition coefficient (Wildman–Crippen LogP) is 3.47. The molecule has 14 heavy (non-hydrogen) atoms. The van der Waals surface area contributed by atoms with Crippen molar-refractivity contribution in [1.82, 2.24) is 4.98 Å². The molecule has 0 fully saturated rings. The van der Waals surface area contributed by atoms with E-state index in [1.165, 1.54) is 30.0 Å². The fourth-order valence-electron chi connectivity index (χ4n) is 2.17. The molecule has 0 radical (unpaired) electrons. The summed E-state index contributed by atoms with van der Waals surface area (Å²) in [5, 5.41) is 1.33. The fraction of sp³-hybridized carbons (Fsp3) is 0.750. The molecule has 0 N–H and O–H groups in total. The molecule has 1 heterocycles. The molecule has 0 amide bonds. The van der Waals surface area contributed by atoms with Gasteiger partial charge in [-0.3, -0.25) is 0 Å². The average molecular weight is 209 g/mol. The normalized spacial score (nSPS) is 21.3. The Morgan fingerprint density at radius 1 is 1.50 bits per heavy atom.